The van der Waals surface area contributed by atoms with E-state index in [-0.39, 0.29) is 0 Å². The highest BCUT2D eigenvalue weighted by Crippen LogP contribution is 2.20. The molecule has 1 aromatic carbocycles. The third-order valence-corrected chi connectivity index (χ3v) is 3.89. The molecule has 0 bridgehead atoms. The Hall–Kier alpha value is -0.820. The van der Waals surface area contributed by atoms with Crippen LogP contribution in [0.25, 0.3) is 0 Å². The van der Waals surface area contributed by atoms with Crippen LogP contribution in [-0.2, 0) is 0 Å². The molecule has 1 nitrogen and oxygen atoms in total. The SMILES string of the molecule is C[C@H](NC1CCCCCCC1)c1ccccc1. The second-order valence-electron chi connectivity index (χ2n) is 5.34. The van der Waals surface area contributed by atoms with Gasteiger partial charge in [-0.3, -0.25) is 0 Å². The fourth-order valence-corrected chi connectivity index (χ4v) is 2.81. The topological polar surface area (TPSA) is 12.0 Å². The van der Waals surface area contributed by atoms with Gasteiger partial charge in [-0.2, -0.15) is 0 Å². The number of rotatable bonds is 3. The molecule has 1 fully saturated rings. The highest BCUT2D eigenvalue weighted by Gasteiger charge is 2.14. The quantitative estimate of drug-likeness (QED) is 0.810. The lowest BCUT2D eigenvalue weighted by Crippen LogP contribution is -2.32. The predicted octanol–water partition coefficient (Wildman–Crippen LogP) is 4.45. The summed E-state index contributed by atoms with van der Waals surface area (Å²) in [5, 5.41) is 3.80. The Labute approximate surface area is 106 Å². The maximum absolute atomic E-state index is 3.80. The molecule has 1 heteroatoms. The smallest absolute Gasteiger partial charge is 0.0294 e. The fraction of sp³-hybridized carbons (Fsp3) is 0.625. The van der Waals surface area contributed by atoms with Gasteiger partial charge < -0.3 is 5.32 Å². The van der Waals surface area contributed by atoms with Crippen LogP contribution in [0, 0.1) is 0 Å². The van der Waals surface area contributed by atoms with E-state index in [2.05, 4.69) is 42.6 Å². The van der Waals surface area contributed by atoms with E-state index in [1.165, 1.54) is 50.5 Å². The highest BCUT2D eigenvalue weighted by atomic mass is 14.9. The van der Waals surface area contributed by atoms with Crippen LogP contribution in [0.3, 0.4) is 0 Å². The second kappa shape index (κ2) is 6.80. The van der Waals surface area contributed by atoms with Crippen molar-refractivity contribution < 1.29 is 0 Å². The Morgan fingerprint density at radius 1 is 0.941 bits per heavy atom. The van der Waals surface area contributed by atoms with Crippen molar-refractivity contribution in [3.05, 3.63) is 35.9 Å². The fourth-order valence-electron chi connectivity index (χ4n) is 2.81. The molecule has 1 atom stereocenters. The first-order valence-corrected chi connectivity index (χ1v) is 7.17. The largest absolute Gasteiger partial charge is 0.307 e. The summed E-state index contributed by atoms with van der Waals surface area (Å²) in [6.45, 7) is 2.29. The van der Waals surface area contributed by atoms with Crippen molar-refractivity contribution in [3.63, 3.8) is 0 Å². The Morgan fingerprint density at radius 3 is 2.18 bits per heavy atom. The van der Waals surface area contributed by atoms with Crippen molar-refractivity contribution in [1.29, 1.82) is 0 Å². The molecule has 1 aliphatic rings. The lowest BCUT2D eigenvalue weighted by molar-refractivity contribution is 0.363. The van der Waals surface area contributed by atoms with Gasteiger partial charge in [0.15, 0.2) is 0 Å². The van der Waals surface area contributed by atoms with Gasteiger partial charge in [0.05, 0.1) is 0 Å². The first-order valence-electron chi connectivity index (χ1n) is 7.17. The van der Waals surface area contributed by atoms with Gasteiger partial charge in [0, 0.05) is 12.1 Å². The summed E-state index contributed by atoms with van der Waals surface area (Å²) in [5.74, 6) is 0. The lowest BCUT2D eigenvalue weighted by Gasteiger charge is -2.25. The minimum atomic E-state index is 0.487. The molecule has 0 aliphatic heterocycles. The summed E-state index contributed by atoms with van der Waals surface area (Å²) >= 11 is 0. The van der Waals surface area contributed by atoms with Crippen LogP contribution in [0.4, 0.5) is 0 Å². The molecule has 1 aromatic rings. The maximum atomic E-state index is 3.80. The first kappa shape index (κ1) is 12.6. The van der Waals surface area contributed by atoms with E-state index < -0.39 is 0 Å². The summed E-state index contributed by atoms with van der Waals surface area (Å²) in [5.41, 5.74) is 1.41. The standard InChI is InChI=1S/C16H25N/c1-14(15-10-6-5-7-11-15)17-16-12-8-3-2-4-9-13-16/h5-7,10-11,14,16-17H,2-4,8-9,12-13H2,1H3/t14-/m0/s1. The van der Waals surface area contributed by atoms with Crippen LogP contribution in [0.15, 0.2) is 30.3 Å². The number of hydrogen-bond acceptors (Lipinski definition) is 1. The molecule has 0 radical (unpaired) electrons. The highest BCUT2D eigenvalue weighted by molar-refractivity contribution is 5.18. The van der Waals surface area contributed by atoms with Gasteiger partial charge in [0.1, 0.15) is 0 Å². The molecule has 0 spiro atoms. The molecule has 0 heterocycles. The number of benzene rings is 1. The zero-order valence-electron chi connectivity index (χ0n) is 11.0. The minimum absolute atomic E-state index is 0.487. The summed E-state index contributed by atoms with van der Waals surface area (Å²) in [6, 6.07) is 12.0. The van der Waals surface area contributed by atoms with Gasteiger partial charge in [-0.05, 0) is 25.3 Å². The zero-order chi connectivity index (χ0) is 11.9. The molecule has 1 saturated carbocycles. The molecular weight excluding hydrogens is 206 g/mol. The zero-order valence-corrected chi connectivity index (χ0v) is 11.0. The third kappa shape index (κ3) is 4.16. The molecule has 0 unspecified atom stereocenters. The molecule has 0 amide bonds. The van der Waals surface area contributed by atoms with E-state index in [1.807, 2.05) is 0 Å². The Balaban J connectivity index is 1.86. The average molecular weight is 231 g/mol. The van der Waals surface area contributed by atoms with Gasteiger partial charge in [-0.25, -0.2) is 0 Å². The van der Waals surface area contributed by atoms with Crippen LogP contribution in [-0.4, -0.2) is 6.04 Å². The predicted molar refractivity (Wildman–Crippen MR) is 74.1 cm³/mol. The lowest BCUT2D eigenvalue weighted by atomic mass is 9.95. The summed E-state index contributed by atoms with van der Waals surface area (Å²) in [7, 11) is 0. The van der Waals surface area contributed by atoms with Crippen molar-refractivity contribution in [2.24, 2.45) is 0 Å². The maximum Gasteiger partial charge on any atom is 0.0294 e. The van der Waals surface area contributed by atoms with Gasteiger partial charge >= 0.3 is 0 Å². The van der Waals surface area contributed by atoms with Crippen LogP contribution >= 0.6 is 0 Å². The summed E-state index contributed by atoms with van der Waals surface area (Å²) in [4.78, 5) is 0. The first-order chi connectivity index (χ1) is 8.36. The van der Waals surface area contributed by atoms with E-state index in [9.17, 15) is 0 Å². The van der Waals surface area contributed by atoms with Crippen LogP contribution in [0.2, 0.25) is 0 Å². The molecular formula is C16H25N. The number of hydrogen-bond donors (Lipinski definition) is 1. The summed E-state index contributed by atoms with van der Waals surface area (Å²) in [6.07, 6.45) is 9.82. The van der Waals surface area contributed by atoms with Gasteiger partial charge in [0.25, 0.3) is 0 Å². The van der Waals surface area contributed by atoms with Crippen molar-refractivity contribution in [3.8, 4) is 0 Å². The second-order valence-corrected chi connectivity index (χ2v) is 5.34. The molecule has 1 aliphatic carbocycles. The normalized spacial score (nSPS) is 20.5. The average Bonchev–Trinajstić information content (AvgIpc) is 2.33. The molecule has 2 rings (SSSR count). The number of nitrogens with one attached hydrogen (secondary N) is 1. The Kier molecular flexibility index (Phi) is 5.06. The molecule has 0 saturated heterocycles. The third-order valence-electron chi connectivity index (χ3n) is 3.89. The summed E-state index contributed by atoms with van der Waals surface area (Å²) < 4.78 is 0. The van der Waals surface area contributed by atoms with E-state index in [0.29, 0.717) is 6.04 Å². The van der Waals surface area contributed by atoms with Crippen LogP contribution in [0.5, 0.6) is 0 Å². The van der Waals surface area contributed by atoms with Gasteiger partial charge in [0.2, 0.25) is 0 Å². The van der Waals surface area contributed by atoms with E-state index in [1.54, 1.807) is 0 Å². The minimum Gasteiger partial charge on any atom is -0.307 e. The van der Waals surface area contributed by atoms with Crippen molar-refractivity contribution >= 4 is 0 Å². The van der Waals surface area contributed by atoms with Crippen LogP contribution < -0.4 is 5.32 Å². The van der Waals surface area contributed by atoms with Crippen molar-refractivity contribution in [1.82, 2.24) is 5.32 Å². The van der Waals surface area contributed by atoms with E-state index in [4.69, 9.17) is 0 Å². The molecule has 94 valence electrons. The Morgan fingerprint density at radius 2 is 1.53 bits per heavy atom. The van der Waals surface area contributed by atoms with Crippen molar-refractivity contribution in [2.45, 2.75) is 64.0 Å². The van der Waals surface area contributed by atoms with Gasteiger partial charge in [-0.15, -0.1) is 0 Å². The molecule has 17 heavy (non-hydrogen) atoms. The van der Waals surface area contributed by atoms with E-state index in [0.717, 1.165) is 6.04 Å². The van der Waals surface area contributed by atoms with Gasteiger partial charge in [-0.1, -0.05) is 62.4 Å². The molecule has 0 aromatic heterocycles. The van der Waals surface area contributed by atoms with E-state index >= 15 is 0 Å². The Bertz CT molecular complexity index is 299. The monoisotopic (exact) mass is 231 g/mol. The van der Waals surface area contributed by atoms with Crippen molar-refractivity contribution in [2.75, 3.05) is 0 Å². The molecule has 1 N–H and O–H groups in total. The van der Waals surface area contributed by atoms with Crippen LogP contribution in [0.1, 0.15) is 63.5 Å².